The van der Waals surface area contributed by atoms with Gasteiger partial charge in [-0.2, -0.15) is 0 Å². The molecule has 0 saturated heterocycles. The highest BCUT2D eigenvalue weighted by Crippen LogP contribution is 2.18. The molecule has 3 N–H and O–H groups in total. The molecule has 1 amide bonds. The average Bonchev–Trinajstić information content (AvgIpc) is 2.22. The number of ether oxygens (including phenoxy) is 1. The highest BCUT2D eigenvalue weighted by Gasteiger charge is 2.21. The van der Waals surface area contributed by atoms with Crippen molar-refractivity contribution in [1.29, 1.82) is 0 Å². The number of carbonyl (C=O) groups excluding carboxylic acids is 1. The number of methoxy groups -OCH3 is 1. The molecule has 0 fully saturated rings. The van der Waals surface area contributed by atoms with Crippen molar-refractivity contribution in [1.82, 2.24) is 5.32 Å². The van der Waals surface area contributed by atoms with Crippen LogP contribution in [-0.2, 0) is 9.53 Å². The lowest BCUT2D eigenvalue weighted by atomic mass is 9.89. The van der Waals surface area contributed by atoms with Crippen molar-refractivity contribution < 1.29 is 9.53 Å². The minimum Gasteiger partial charge on any atom is -0.385 e. The van der Waals surface area contributed by atoms with Crippen LogP contribution in [0.3, 0.4) is 0 Å². The van der Waals surface area contributed by atoms with Crippen LogP contribution in [-0.4, -0.2) is 32.2 Å². The second-order valence-electron chi connectivity index (χ2n) is 5.86. The van der Waals surface area contributed by atoms with E-state index in [0.717, 1.165) is 12.8 Å². The van der Waals surface area contributed by atoms with E-state index in [2.05, 4.69) is 33.0 Å². The Morgan fingerprint density at radius 1 is 1.41 bits per heavy atom. The molecule has 0 rings (SSSR count). The topological polar surface area (TPSA) is 64.3 Å². The Bertz CT molecular complexity index is 227. The van der Waals surface area contributed by atoms with E-state index in [1.165, 1.54) is 0 Å². The van der Waals surface area contributed by atoms with Gasteiger partial charge in [0.1, 0.15) is 0 Å². The number of hydrogen-bond donors (Lipinski definition) is 2. The molecule has 1 atom stereocenters. The van der Waals surface area contributed by atoms with Crippen LogP contribution in [0.25, 0.3) is 0 Å². The summed E-state index contributed by atoms with van der Waals surface area (Å²) in [5.74, 6) is 0.390. The maximum Gasteiger partial charge on any atom is 0.236 e. The van der Waals surface area contributed by atoms with E-state index in [1.54, 1.807) is 7.11 Å². The van der Waals surface area contributed by atoms with Crippen LogP contribution >= 0.6 is 0 Å². The van der Waals surface area contributed by atoms with Gasteiger partial charge < -0.3 is 15.8 Å². The quantitative estimate of drug-likeness (QED) is 0.680. The Balaban J connectivity index is 3.97. The van der Waals surface area contributed by atoms with E-state index in [9.17, 15) is 4.79 Å². The van der Waals surface area contributed by atoms with Crippen molar-refractivity contribution in [2.75, 3.05) is 20.3 Å². The minimum absolute atomic E-state index is 0.0449. The number of nitrogens with two attached hydrogens (primary N) is 1. The fourth-order valence-corrected chi connectivity index (χ4v) is 1.54. The summed E-state index contributed by atoms with van der Waals surface area (Å²) in [5.41, 5.74) is 5.86. The fourth-order valence-electron chi connectivity index (χ4n) is 1.54. The molecule has 0 aliphatic rings. The van der Waals surface area contributed by atoms with E-state index in [1.807, 2.05) is 0 Å². The smallest absolute Gasteiger partial charge is 0.236 e. The van der Waals surface area contributed by atoms with Gasteiger partial charge in [0.15, 0.2) is 0 Å². The monoisotopic (exact) mass is 244 g/mol. The van der Waals surface area contributed by atoms with Crippen LogP contribution in [0.1, 0.15) is 40.5 Å². The van der Waals surface area contributed by atoms with Gasteiger partial charge in [0.25, 0.3) is 0 Å². The zero-order valence-corrected chi connectivity index (χ0v) is 11.9. The van der Waals surface area contributed by atoms with E-state index >= 15 is 0 Å². The molecule has 0 aliphatic carbocycles. The number of nitrogens with one attached hydrogen (secondary N) is 1. The third kappa shape index (κ3) is 8.16. The van der Waals surface area contributed by atoms with Crippen LogP contribution in [0.4, 0.5) is 0 Å². The lowest BCUT2D eigenvalue weighted by Crippen LogP contribution is -2.44. The molecule has 17 heavy (non-hydrogen) atoms. The van der Waals surface area contributed by atoms with Gasteiger partial charge in [0, 0.05) is 20.3 Å². The number of carbonyl (C=O) groups is 1. The molecule has 0 heterocycles. The molecule has 102 valence electrons. The first kappa shape index (κ1) is 16.4. The van der Waals surface area contributed by atoms with Crippen LogP contribution in [0, 0.1) is 11.3 Å². The van der Waals surface area contributed by atoms with Crippen LogP contribution < -0.4 is 11.1 Å². The van der Waals surface area contributed by atoms with Gasteiger partial charge in [0.2, 0.25) is 5.91 Å². The Morgan fingerprint density at radius 3 is 2.47 bits per heavy atom. The zero-order chi connectivity index (χ0) is 13.5. The highest BCUT2D eigenvalue weighted by molar-refractivity contribution is 5.81. The van der Waals surface area contributed by atoms with Crippen molar-refractivity contribution in [2.24, 2.45) is 17.1 Å². The van der Waals surface area contributed by atoms with Gasteiger partial charge in [-0.3, -0.25) is 4.79 Å². The second-order valence-corrected chi connectivity index (χ2v) is 5.86. The second kappa shape index (κ2) is 7.67. The number of rotatable bonds is 8. The van der Waals surface area contributed by atoms with E-state index in [-0.39, 0.29) is 11.3 Å². The summed E-state index contributed by atoms with van der Waals surface area (Å²) in [6.45, 7) is 9.70. The molecular formula is C13H28N2O2. The van der Waals surface area contributed by atoms with Crippen molar-refractivity contribution in [3.05, 3.63) is 0 Å². The summed E-state index contributed by atoms with van der Waals surface area (Å²) in [6.07, 6.45) is 1.65. The Kier molecular flexibility index (Phi) is 7.39. The molecule has 4 nitrogen and oxygen atoms in total. The molecule has 0 radical (unpaired) electrons. The predicted molar refractivity (Wildman–Crippen MR) is 70.7 cm³/mol. The minimum atomic E-state index is -0.395. The molecule has 0 saturated carbocycles. The molecule has 4 heteroatoms. The third-order valence-corrected chi connectivity index (χ3v) is 2.79. The molecule has 0 aromatic rings. The molecule has 0 spiro atoms. The summed E-state index contributed by atoms with van der Waals surface area (Å²) in [6, 6.07) is -0.395. The SMILES string of the molecule is COCCC(C)(C)CNC(=O)[C@H](N)CC(C)C. The summed E-state index contributed by atoms with van der Waals surface area (Å²) in [4.78, 5) is 11.7. The van der Waals surface area contributed by atoms with Crippen molar-refractivity contribution in [2.45, 2.75) is 46.6 Å². The van der Waals surface area contributed by atoms with Crippen LogP contribution in [0.2, 0.25) is 0 Å². The van der Waals surface area contributed by atoms with Gasteiger partial charge in [-0.15, -0.1) is 0 Å². The first-order valence-electron chi connectivity index (χ1n) is 6.30. The highest BCUT2D eigenvalue weighted by atomic mass is 16.5. The van der Waals surface area contributed by atoms with Gasteiger partial charge >= 0.3 is 0 Å². The Hall–Kier alpha value is -0.610. The molecule has 0 aromatic carbocycles. The lowest BCUT2D eigenvalue weighted by Gasteiger charge is -2.25. The summed E-state index contributed by atoms with van der Waals surface area (Å²) in [7, 11) is 1.69. The average molecular weight is 244 g/mol. The van der Waals surface area contributed by atoms with Gasteiger partial charge in [-0.25, -0.2) is 0 Å². The van der Waals surface area contributed by atoms with Crippen LogP contribution in [0.5, 0.6) is 0 Å². The molecule has 0 aliphatic heterocycles. The predicted octanol–water partition coefficient (Wildman–Crippen LogP) is 1.54. The van der Waals surface area contributed by atoms with Crippen molar-refractivity contribution in [3.8, 4) is 0 Å². The van der Waals surface area contributed by atoms with Crippen molar-refractivity contribution in [3.63, 3.8) is 0 Å². The molecule has 0 unspecified atom stereocenters. The summed E-state index contributed by atoms with van der Waals surface area (Å²) >= 11 is 0. The van der Waals surface area contributed by atoms with Gasteiger partial charge in [-0.05, 0) is 24.2 Å². The Labute approximate surface area is 105 Å². The fraction of sp³-hybridized carbons (Fsp3) is 0.923. The van der Waals surface area contributed by atoms with Crippen molar-refractivity contribution >= 4 is 5.91 Å². The zero-order valence-electron chi connectivity index (χ0n) is 11.9. The third-order valence-electron chi connectivity index (χ3n) is 2.79. The van der Waals surface area contributed by atoms with Gasteiger partial charge in [-0.1, -0.05) is 27.7 Å². The standard InChI is InChI=1S/C13H28N2O2/c1-10(2)8-11(14)12(16)15-9-13(3,4)6-7-17-5/h10-11H,6-9,14H2,1-5H3,(H,15,16)/t11-/m1/s1. The van der Waals surface area contributed by atoms with E-state index in [4.69, 9.17) is 10.5 Å². The lowest BCUT2D eigenvalue weighted by molar-refractivity contribution is -0.123. The largest absolute Gasteiger partial charge is 0.385 e. The van der Waals surface area contributed by atoms with E-state index in [0.29, 0.717) is 19.1 Å². The maximum absolute atomic E-state index is 11.7. The molecule has 0 aromatic heterocycles. The first-order valence-corrected chi connectivity index (χ1v) is 6.30. The molecular weight excluding hydrogens is 216 g/mol. The number of hydrogen-bond acceptors (Lipinski definition) is 3. The normalized spacial score (nSPS) is 13.8. The molecule has 0 bridgehead atoms. The number of amides is 1. The van der Waals surface area contributed by atoms with Gasteiger partial charge in [0.05, 0.1) is 6.04 Å². The maximum atomic E-state index is 11.7. The van der Waals surface area contributed by atoms with E-state index < -0.39 is 6.04 Å². The van der Waals surface area contributed by atoms with Crippen LogP contribution in [0.15, 0.2) is 0 Å². The summed E-state index contributed by atoms with van der Waals surface area (Å²) in [5, 5.41) is 2.92. The Morgan fingerprint density at radius 2 is 2.00 bits per heavy atom. The summed E-state index contributed by atoms with van der Waals surface area (Å²) < 4.78 is 5.05. The first-order chi connectivity index (χ1) is 7.78.